The van der Waals surface area contributed by atoms with Gasteiger partial charge in [-0.3, -0.25) is 4.90 Å². The molecule has 0 aromatic heterocycles. The summed E-state index contributed by atoms with van der Waals surface area (Å²) in [6.45, 7) is 6.40. The van der Waals surface area contributed by atoms with E-state index in [0.29, 0.717) is 16.8 Å². The Labute approximate surface area is 132 Å². The minimum Gasteiger partial charge on any atom is -0.503 e. The first-order valence-electron chi connectivity index (χ1n) is 7.53. The van der Waals surface area contributed by atoms with Crippen molar-refractivity contribution in [2.24, 2.45) is 0 Å². The fourth-order valence-corrected chi connectivity index (χ4v) is 3.23. The van der Waals surface area contributed by atoms with Crippen molar-refractivity contribution in [3.63, 3.8) is 0 Å². The minimum absolute atomic E-state index is 0.0190. The first-order chi connectivity index (χ1) is 10.0. The van der Waals surface area contributed by atoms with Gasteiger partial charge in [0.05, 0.1) is 12.1 Å². The molecule has 1 aliphatic rings. The number of likely N-dealkylation sites (N-methyl/N-ethyl adjacent to an activating group) is 1. The molecule has 1 saturated heterocycles. The second-order valence-corrected chi connectivity index (χ2v) is 6.18. The highest BCUT2D eigenvalue weighted by Gasteiger charge is 2.22. The zero-order valence-corrected chi connectivity index (χ0v) is 13.9. The van der Waals surface area contributed by atoms with Gasteiger partial charge in [0.2, 0.25) is 0 Å². The molecule has 2 rings (SSSR count). The molecule has 0 aliphatic carbocycles. The standard InChI is InChI=1S/C16H25ClN2O2/c1-4-13-11-18(2)6-5-7-19(13)10-12-8-14(17)16(20)15(9-12)21-3/h8-9,13,20H,4-7,10-11H2,1-3H3. The third-order valence-electron chi connectivity index (χ3n) is 4.19. The Morgan fingerprint density at radius 2 is 2.14 bits per heavy atom. The van der Waals surface area contributed by atoms with Gasteiger partial charge in [-0.25, -0.2) is 0 Å². The highest BCUT2D eigenvalue weighted by atomic mass is 35.5. The summed E-state index contributed by atoms with van der Waals surface area (Å²) in [4.78, 5) is 4.91. The maximum Gasteiger partial charge on any atom is 0.176 e. The van der Waals surface area contributed by atoms with E-state index in [1.54, 1.807) is 7.11 Å². The van der Waals surface area contributed by atoms with Crippen LogP contribution in [-0.4, -0.2) is 54.7 Å². The van der Waals surface area contributed by atoms with E-state index in [1.165, 1.54) is 6.42 Å². The summed E-state index contributed by atoms with van der Waals surface area (Å²) < 4.78 is 5.19. The predicted molar refractivity (Wildman–Crippen MR) is 86.3 cm³/mol. The first-order valence-corrected chi connectivity index (χ1v) is 7.91. The number of nitrogens with zero attached hydrogens (tertiary/aromatic N) is 2. The summed E-state index contributed by atoms with van der Waals surface area (Å²) in [6, 6.07) is 4.26. The monoisotopic (exact) mass is 312 g/mol. The van der Waals surface area contributed by atoms with Crippen molar-refractivity contribution in [2.45, 2.75) is 32.4 Å². The summed E-state index contributed by atoms with van der Waals surface area (Å²) in [5.41, 5.74) is 1.08. The Morgan fingerprint density at radius 3 is 2.81 bits per heavy atom. The molecule has 118 valence electrons. The molecule has 1 heterocycles. The molecule has 1 aromatic rings. The molecule has 0 bridgehead atoms. The summed E-state index contributed by atoms with van der Waals surface area (Å²) in [6.07, 6.45) is 2.31. The Bertz CT molecular complexity index is 482. The number of ether oxygens (including phenoxy) is 1. The van der Waals surface area contributed by atoms with Crippen LogP contribution >= 0.6 is 11.6 Å². The molecule has 1 aliphatic heterocycles. The van der Waals surface area contributed by atoms with Crippen LogP contribution in [0, 0.1) is 0 Å². The first kappa shape index (κ1) is 16.4. The van der Waals surface area contributed by atoms with E-state index in [2.05, 4.69) is 23.8 Å². The van der Waals surface area contributed by atoms with Gasteiger partial charge >= 0.3 is 0 Å². The van der Waals surface area contributed by atoms with Crippen LogP contribution in [0.15, 0.2) is 12.1 Å². The Morgan fingerprint density at radius 1 is 1.38 bits per heavy atom. The van der Waals surface area contributed by atoms with Gasteiger partial charge in [-0.05, 0) is 44.1 Å². The van der Waals surface area contributed by atoms with Gasteiger partial charge in [0, 0.05) is 25.7 Å². The van der Waals surface area contributed by atoms with E-state index in [0.717, 1.165) is 38.2 Å². The zero-order chi connectivity index (χ0) is 15.4. The lowest BCUT2D eigenvalue weighted by atomic mass is 10.1. The largest absolute Gasteiger partial charge is 0.503 e. The summed E-state index contributed by atoms with van der Waals surface area (Å²) in [7, 11) is 3.73. The predicted octanol–water partition coefficient (Wildman–Crippen LogP) is 2.97. The Hall–Kier alpha value is -0.970. The topological polar surface area (TPSA) is 35.9 Å². The van der Waals surface area contributed by atoms with Gasteiger partial charge in [-0.1, -0.05) is 18.5 Å². The van der Waals surface area contributed by atoms with Crippen LogP contribution in [0.3, 0.4) is 0 Å². The molecule has 0 spiro atoms. The number of hydrogen-bond acceptors (Lipinski definition) is 4. The summed E-state index contributed by atoms with van der Waals surface area (Å²) in [5.74, 6) is 0.461. The molecule has 21 heavy (non-hydrogen) atoms. The molecular formula is C16H25ClN2O2. The van der Waals surface area contributed by atoms with Crippen molar-refractivity contribution in [1.29, 1.82) is 0 Å². The SMILES string of the molecule is CCC1CN(C)CCCN1Cc1cc(Cl)c(O)c(OC)c1. The summed E-state index contributed by atoms with van der Waals surface area (Å²) >= 11 is 6.08. The van der Waals surface area contributed by atoms with E-state index in [4.69, 9.17) is 16.3 Å². The van der Waals surface area contributed by atoms with Crippen molar-refractivity contribution in [2.75, 3.05) is 33.8 Å². The van der Waals surface area contributed by atoms with Crippen LogP contribution in [-0.2, 0) is 6.54 Å². The molecule has 1 aromatic carbocycles. The lowest BCUT2D eigenvalue weighted by Crippen LogP contribution is -2.39. The zero-order valence-electron chi connectivity index (χ0n) is 13.1. The number of methoxy groups -OCH3 is 1. The van der Waals surface area contributed by atoms with Gasteiger partial charge in [0.25, 0.3) is 0 Å². The average molecular weight is 313 g/mol. The summed E-state index contributed by atoms with van der Waals surface area (Å²) in [5, 5.41) is 10.2. The Balaban J connectivity index is 2.17. The fraction of sp³-hybridized carbons (Fsp3) is 0.625. The average Bonchev–Trinajstić information content (AvgIpc) is 2.64. The number of rotatable bonds is 4. The minimum atomic E-state index is 0.0190. The molecule has 1 unspecified atom stereocenters. The molecule has 5 heteroatoms. The number of benzene rings is 1. The second kappa shape index (κ2) is 7.34. The van der Waals surface area contributed by atoms with Crippen molar-refractivity contribution >= 4 is 11.6 Å². The van der Waals surface area contributed by atoms with Crippen molar-refractivity contribution in [3.8, 4) is 11.5 Å². The van der Waals surface area contributed by atoms with Gasteiger partial charge in [-0.15, -0.1) is 0 Å². The highest BCUT2D eigenvalue weighted by Crippen LogP contribution is 2.35. The van der Waals surface area contributed by atoms with Crippen LogP contribution in [0.2, 0.25) is 5.02 Å². The molecule has 1 fully saturated rings. The Kier molecular flexibility index (Phi) is 5.73. The van der Waals surface area contributed by atoms with Gasteiger partial charge in [0.1, 0.15) is 0 Å². The van der Waals surface area contributed by atoms with E-state index < -0.39 is 0 Å². The molecule has 4 nitrogen and oxygen atoms in total. The van der Waals surface area contributed by atoms with Crippen LogP contribution < -0.4 is 4.74 Å². The van der Waals surface area contributed by atoms with Crippen LogP contribution in [0.25, 0.3) is 0 Å². The quantitative estimate of drug-likeness (QED) is 0.927. The molecule has 1 atom stereocenters. The normalized spacial score (nSPS) is 21.2. The van der Waals surface area contributed by atoms with E-state index in [9.17, 15) is 5.11 Å². The van der Waals surface area contributed by atoms with E-state index >= 15 is 0 Å². The fourth-order valence-electron chi connectivity index (χ4n) is 3.00. The van der Waals surface area contributed by atoms with E-state index in [-0.39, 0.29) is 5.75 Å². The van der Waals surface area contributed by atoms with Crippen molar-refractivity contribution < 1.29 is 9.84 Å². The van der Waals surface area contributed by atoms with Crippen LogP contribution in [0.4, 0.5) is 0 Å². The maximum absolute atomic E-state index is 9.83. The van der Waals surface area contributed by atoms with Crippen molar-refractivity contribution in [1.82, 2.24) is 9.80 Å². The molecule has 0 radical (unpaired) electrons. The molecule has 0 amide bonds. The number of hydrogen-bond donors (Lipinski definition) is 1. The second-order valence-electron chi connectivity index (χ2n) is 5.78. The molecule has 1 N–H and O–H groups in total. The maximum atomic E-state index is 9.83. The lowest BCUT2D eigenvalue weighted by molar-refractivity contribution is 0.175. The lowest BCUT2D eigenvalue weighted by Gasteiger charge is -2.30. The number of aromatic hydroxyl groups is 1. The third-order valence-corrected chi connectivity index (χ3v) is 4.48. The van der Waals surface area contributed by atoms with E-state index in [1.807, 2.05) is 12.1 Å². The third kappa shape index (κ3) is 4.02. The van der Waals surface area contributed by atoms with Gasteiger partial charge in [0.15, 0.2) is 11.5 Å². The molecular weight excluding hydrogens is 288 g/mol. The highest BCUT2D eigenvalue weighted by molar-refractivity contribution is 6.32. The molecule has 0 saturated carbocycles. The smallest absolute Gasteiger partial charge is 0.176 e. The van der Waals surface area contributed by atoms with Crippen molar-refractivity contribution in [3.05, 3.63) is 22.7 Å². The van der Waals surface area contributed by atoms with Crippen LogP contribution in [0.1, 0.15) is 25.3 Å². The van der Waals surface area contributed by atoms with Gasteiger partial charge in [-0.2, -0.15) is 0 Å². The number of phenolic OH excluding ortho intramolecular Hbond substituents is 1. The van der Waals surface area contributed by atoms with Gasteiger partial charge < -0.3 is 14.7 Å². The number of halogens is 1. The van der Waals surface area contributed by atoms with Crippen LogP contribution in [0.5, 0.6) is 11.5 Å². The number of phenols is 1.